The molecule has 0 aliphatic heterocycles. The number of nitrogens with one attached hydrogen (secondary N) is 1. The van der Waals surface area contributed by atoms with E-state index in [0.717, 1.165) is 23.0 Å². The molecule has 0 saturated carbocycles. The lowest BCUT2D eigenvalue weighted by Gasteiger charge is -2.01. The summed E-state index contributed by atoms with van der Waals surface area (Å²) in [6, 6.07) is 0. The van der Waals surface area contributed by atoms with Crippen molar-refractivity contribution in [3.8, 4) is 0 Å². The topological polar surface area (TPSA) is 62.8 Å². The van der Waals surface area contributed by atoms with Crippen molar-refractivity contribution in [2.75, 3.05) is 0 Å². The Bertz CT molecular complexity index is 357. The van der Waals surface area contributed by atoms with Gasteiger partial charge in [-0.3, -0.25) is 4.98 Å². The van der Waals surface area contributed by atoms with Gasteiger partial charge in [0.05, 0.1) is 17.1 Å². The Hall–Kier alpha value is -1.45. The van der Waals surface area contributed by atoms with Crippen molar-refractivity contribution in [2.45, 2.75) is 41.5 Å². The molecule has 4 heteroatoms. The highest BCUT2D eigenvalue weighted by atomic mass is 16.4. The second kappa shape index (κ2) is 6.93. The summed E-state index contributed by atoms with van der Waals surface area (Å²) in [5, 5.41) is 11.8. The number of aryl methyl sites for hydroxylation is 3. The quantitative estimate of drug-likeness (QED) is 0.440. The van der Waals surface area contributed by atoms with Gasteiger partial charge in [0.15, 0.2) is 6.21 Å². The molecular weight excluding hydrogens is 202 g/mol. The fourth-order valence-corrected chi connectivity index (χ4v) is 0.925. The van der Waals surface area contributed by atoms with Gasteiger partial charge in [-0.05, 0) is 26.7 Å². The van der Waals surface area contributed by atoms with E-state index in [0.29, 0.717) is 5.69 Å². The predicted molar refractivity (Wildman–Crippen MR) is 66.3 cm³/mol. The van der Waals surface area contributed by atoms with E-state index in [-0.39, 0.29) is 0 Å². The molecule has 1 aromatic rings. The van der Waals surface area contributed by atoms with Crippen LogP contribution in [0.3, 0.4) is 0 Å². The van der Waals surface area contributed by atoms with Gasteiger partial charge in [0, 0.05) is 0 Å². The molecule has 16 heavy (non-hydrogen) atoms. The first-order valence-electron chi connectivity index (χ1n) is 5.41. The van der Waals surface area contributed by atoms with E-state index in [4.69, 9.17) is 0 Å². The fraction of sp³-hybridized carbons (Fsp3) is 0.583. The van der Waals surface area contributed by atoms with E-state index in [2.05, 4.69) is 30.7 Å². The Morgan fingerprint density at radius 3 is 1.88 bits per heavy atom. The van der Waals surface area contributed by atoms with E-state index >= 15 is 0 Å². The highest BCUT2D eigenvalue weighted by molar-refractivity contribution is 5.73. The van der Waals surface area contributed by atoms with Crippen molar-refractivity contribution >= 4 is 6.21 Å². The van der Waals surface area contributed by atoms with Gasteiger partial charge < -0.3 is 5.21 Å². The van der Waals surface area contributed by atoms with Crippen molar-refractivity contribution < 1.29 is 5.16 Å². The van der Waals surface area contributed by atoms with Crippen LogP contribution in [0.25, 0.3) is 0 Å². The predicted octanol–water partition coefficient (Wildman–Crippen LogP) is 1.06. The van der Waals surface area contributed by atoms with Gasteiger partial charge in [-0.1, -0.05) is 20.8 Å². The zero-order valence-corrected chi connectivity index (χ0v) is 11.0. The molecule has 4 nitrogen and oxygen atoms in total. The minimum atomic E-state index is 0.605. The standard InChI is InChI=1S/C8H11N3O.C4H10/c1-5-6(2)11-8(4-9-12)7(3)10-5;1-4(2)3/h4,9H,1-3H3;4H,1-3H3. The van der Waals surface area contributed by atoms with Crippen molar-refractivity contribution in [3.63, 3.8) is 0 Å². The number of aromatic nitrogens is 2. The van der Waals surface area contributed by atoms with Crippen LogP contribution in [0.1, 0.15) is 43.5 Å². The Labute approximate surface area is 97.4 Å². The summed E-state index contributed by atoms with van der Waals surface area (Å²) in [5.41, 5.74) is 3.12. The zero-order valence-electron chi connectivity index (χ0n) is 11.0. The Morgan fingerprint density at radius 2 is 1.44 bits per heavy atom. The molecule has 1 aromatic heterocycles. The fourth-order valence-electron chi connectivity index (χ4n) is 0.925. The molecule has 1 rings (SSSR count). The Balaban J connectivity index is 0.000000487. The SMILES string of the molecule is CC(C)C.Cc1nc(C)c(C=[NH+][O-])nc1C. The highest BCUT2D eigenvalue weighted by Crippen LogP contribution is 2.03. The third kappa shape index (κ3) is 5.44. The van der Waals surface area contributed by atoms with Crippen LogP contribution in [0, 0.1) is 31.9 Å². The lowest BCUT2D eigenvalue weighted by molar-refractivity contribution is -0.366. The first-order valence-corrected chi connectivity index (χ1v) is 5.41. The third-order valence-electron chi connectivity index (χ3n) is 1.71. The van der Waals surface area contributed by atoms with Gasteiger partial charge in [-0.2, -0.15) is 0 Å². The zero-order chi connectivity index (χ0) is 12.7. The first-order chi connectivity index (χ1) is 7.38. The summed E-state index contributed by atoms with van der Waals surface area (Å²) in [4.78, 5) is 8.40. The largest absolute Gasteiger partial charge is 0.625 e. The van der Waals surface area contributed by atoms with E-state index in [1.807, 2.05) is 20.8 Å². The van der Waals surface area contributed by atoms with Gasteiger partial charge in [-0.25, -0.2) is 10.1 Å². The minimum Gasteiger partial charge on any atom is -0.625 e. The molecule has 0 spiro atoms. The number of hydrogen-bond donors (Lipinski definition) is 1. The molecule has 1 heterocycles. The molecule has 0 amide bonds. The van der Waals surface area contributed by atoms with Crippen LogP contribution >= 0.6 is 0 Å². The van der Waals surface area contributed by atoms with Gasteiger partial charge in [-0.15, -0.1) is 0 Å². The van der Waals surface area contributed by atoms with E-state index in [9.17, 15) is 5.21 Å². The smallest absolute Gasteiger partial charge is 0.200 e. The molecule has 0 aliphatic rings. The van der Waals surface area contributed by atoms with Crippen LogP contribution in [0.15, 0.2) is 0 Å². The summed E-state index contributed by atoms with van der Waals surface area (Å²) < 4.78 is 0. The van der Waals surface area contributed by atoms with Crippen molar-refractivity contribution in [2.24, 2.45) is 5.92 Å². The lowest BCUT2D eigenvalue weighted by Crippen LogP contribution is -2.60. The second-order valence-electron chi connectivity index (χ2n) is 4.36. The minimum absolute atomic E-state index is 0.605. The summed E-state index contributed by atoms with van der Waals surface area (Å²) in [6.07, 6.45) is 1.30. The summed E-state index contributed by atoms with van der Waals surface area (Å²) in [6.45, 7) is 12.1. The Morgan fingerprint density at radius 1 is 1.00 bits per heavy atom. The molecule has 1 N–H and O–H groups in total. The maximum atomic E-state index is 10.1. The molecule has 0 unspecified atom stereocenters. The summed E-state index contributed by atoms with van der Waals surface area (Å²) in [7, 11) is 0. The first kappa shape index (κ1) is 14.6. The summed E-state index contributed by atoms with van der Waals surface area (Å²) in [5.74, 6) is 0.833. The molecule has 0 saturated heterocycles. The molecule has 0 fully saturated rings. The van der Waals surface area contributed by atoms with Gasteiger partial charge in [0.25, 0.3) is 0 Å². The van der Waals surface area contributed by atoms with Crippen molar-refractivity contribution in [3.05, 3.63) is 28.0 Å². The average molecular weight is 223 g/mol. The molecule has 0 radical (unpaired) electrons. The van der Waals surface area contributed by atoms with E-state index < -0.39 is 0 Å². The van der Waals surface area contributed by atoms with Crippen LogP contribution in [-0.2, 0) is 0 Å². The van der Waals surface area contributed by atoms with Crippen molar-refractivity contribution in [1.82, 2.24) is 9.97 Å². The van der Waals surface area contributed by atoms with Crippen LogP contribution < -0.4 is 5.16 Å². The highest BCUT2D eigenvalue weighted by Gasteiger charge is 2.03. The van der Waals surface area contributed by atoms with Crippen LogP contribution in [-0.4, -0.2) is 16.2 Å². The van der Waals surface area contributed by atoms with Crippen LogP contribution in [0.5, 0.6) is 0 Å². The van der Waals surface area contributed by atoms with Crippen LogP contribution in [0.2, 0.25) is 0 Å². The van der Waals surface area contributed by atoms with E-state index in [1.54, 1.807) is 5.16 Å². The average Bonchev–Trinajstić information content (AvgIpc) is 2.13. The maximum absolute atomic E-state index is 10.1. The Kier molecular flexibility index (Phi) is 6.30. The number of hydrogen-bond acceptors (Lipinski definition) is 3. The van der Waals surface area contributed by atoms with Gasteiger partial charge >= 0.3 is 0 Å². The van der Waals surface area contributed by atoms with Gasteiger partial charge in [0.2, 0.25) is 0 Å². The normalized spacial score (nSPS) is 10.4. The monoisotopic (exact) mass is 223 g/mol. The second-order valence-corrected chi connectivity index (χ2v) is 4.36. The maximum Gasteiger partial charge on any atom is 0.200 e. The number of rotatable bonds is 1. The number of nitrogens with zero attached hydrogens (tertiary/aromatic N) is 2. The molecule has 90 valence electrons. The summed E-state index contributed by atoms with van der Waals surface area (Å²) >= 11 is 0. The molecular formula is C12H21N3O. The molecule has 0 aliphatic carbocycles. The van der Waals surface area contributed by atoms with E-state index in [1.165, 1.54) is 6.21 Å². The van der Waals surface area contributed by atoms with Crippen LogP contribution in [0.4, 0.5) is 0 Å². The van der Waals surface area contributed by atoms with Gasteiger partial charge in [0.1, 0.15) is 5.69 Å². The third-order valence-corrected chi connectivity index (χ3v) is 1.71. The van der Waals surface area contributed by atoms with Crippen molar-refractivity contribution in [1.29, 1.82) is 0 Å². The molecule has 0 atom stereocenters. The lowest BCUT2D eigenvalue weighted by atomic mass is 10.3. The molecule has 0 aromatic carbocycles. The molecule has 0 bridgehead atoms.